The van der Waals surface area contributed by atoms with Crippen LogP contribution < -0.4 is 0 Å². The Morgan fingerprint density at radius 3 is 2.31 bits per heavy atom. The number of aromatic amines is 1. The smallest absolute Gasteiger partial charge is 0.353 e. The van der Waals surface area contributed by atoms with Gasteiger partial charge in [-0.25, -0.2) is 4.79 Å². The zero-order chi connectivity index (χ0) is 11.7. The van der Waals surface area contributed by atoms with Crippen LogP contribution in [0.25, 0.3) is 11.3 Å². The number of aromatic carboxylic acids is 1. The second kappa shape index (κ2) is 4.39. The first-order chi connectivity index (χ1) is 7.56. The highest BCUT2D eigenvalue weighted by Crippen LogP contribution is 2.26. The molecule has 6 heteroatoms. The summed E-state index contributed by atoms with van der Waals surface area (Å²) < 4.78 is 1.80. The van der Waals surface area contributed by atoms with Gasteiger partial charge >= 0.3 is 5.97 Å². The molecule has 0 aliphatic heterocycles. The summed E-state index contributed by atoms with van der Waals surface area (Å²) in [7, 11) is 0. The van der Waals surface area contributed by atoms with Crippen molar-refractivity contribution >= 4 is 37.8 Å². The Kier molecular flexibility index (Phi) is 3.11. The van der Waals surface area contributed by atoms with Crippen LogP contribution in [0.5, 0.6) is 0 Å². The average Bonchev–Trinajstić information content (AvgIpc) is 2.64. The molecule has 0 bridgehead atoms. The Labute approximate surface area is 108 Å². The highest BCUT2D eigenvalue weighted by molar-refractivity contribution is 9.11. The molecule has 0 unspecified atom stereocenters. The van der Waals surface area contributed by atoms with E-state index in [2.05, 4.69) is 42.1 Å². The zero-order valence-electron chi connectivity index (χ0n) is 7.87. The van der Waals surface area contributed by atoms with Gasteiger partial charge < -0.3 is 5.11 Å². The third kappa shape index (κ3) is 2.33. The third-order valence-corrected chi connectivity index (χ3v) is 2.88. The van der Waals surface area contributed by atoms with Crippen LogP contribution in [0, 0.1) is 0 Å². The van der Waals surface area contributed by atoms with E-state index in [1.54, 1.807) is 0 Å². The molecular formula is C10H6Br2N2O2. The zero-order valence-corrected chi connectivity index (χ0v) is 11.0. The maximum atomic E-state index is 10.7. The molecule has 1 aromatic heterocycles. The SMILES string of the molecule is O=C(O)c1cc(-c2cc(Br)cc(Br)c2)n[nH]1. The number of benzene rings is 1. The van der Waals surface area contributed by atoms with Crippen molar-refractivity contribution in [3.8, 4) is 11.3 Å². The lowest BCUT2D eigenvalue weighted by Crippen LogP contribution is -1.95. The van der Waals surface area contributed by atoms with Crippen LogP contribution >= 0.6 is 31.9 Å². The molecule has 0 saturated heterocycles. The molecule has 0 fully saturated rings. The van der Waals surface area contributed by atoms with Crippen molar-refractivity contribution in [1.82, 2.24) is 10.2 Å². The molecule has 0 amide bonds. The Morgan fingerprint density at radius 1 is 1.19 bits per heavy atom. The lowest BCUT2D eigenvalue weighted by atomic mass is 10.1. The van der Waals surface area contributed by atoms with Crippen LogP contribution in [0.1, 0.15) is 10.5 Å². The van der Waals surface area contributed by atoms with Crippen molar-refractivity contribution in [3.63, 3.8) is 0 Å². The van der Waals surface area contributed by atoms with Gasteiger partial charge in [-0.1, -0.05) is 31.9 Å². The molecule has 16 heavy (non-hydrogen) atoms. The summed E-state index contributed by atoms with van der Waals surface area (Å²) in [5.41, 5.74) is 1.51. The predicted molar refractivity (Wildman–Crippen MR) is 66.4 cm³/mol. The Hall–Kier alpha value is -1.14. The number of hydrogen-bond donors (Lipinski definition) is 2. The van der Waals surface area contributed by atoms with Crippen LogP contribution in [0.2, 0.25) is 0 Å². The second-order valence-corrected chi connectivity index (χ2v) is 4.96. The molecule has 0 radical (unpaired) electrons. The van der Waals surface area contributed by atoms with Gasteiger partial charge in [-0.3, -0.25) is 5.10 Å². The summed E-state index contributed by atoms with van der Waals surface area (Å²) in [4.78, 5) is 10.7. The number of carboxylic acids is 1. The van der Waals surface area contributed by atoms with Crippen molar-refractivity contribution in [2.45, 2.75) is 0 Å². The number of hydrogen-bond acceptors (Lipinski definition) is 2. The van der Waals surface area contributed by atoms with Gasteiger partial charge in [-0.15, -0.1) is 0 Å². The summed E-state index contributed by atoms with van der Waals surface area (Å²) >= 11 is 6.72. The number of carboxylic acid groups (broad SMARTS) is 1. The number of carbonyl (C=O) groups is 1. The van der Waals surface area contributed by atoms with E-state index in [1.807, 2.05) is 18.2 Å². The molecule has 1 heterocycles. The van der Waals surface area contributed by atoms with E-state index in [4.69, 9.17) is 5.11 Å². The van der Waals surface area contributed by atoms with Crippen LogP contribution in [-0.2, 0) is 0 Å². The second-order valence-electron chi connectivity index (χ2n) is 3.13. The van der Waals surface area contributed by atoms with Crippen molar-refractivity contribution < 1.29 is 9.90 Å². The van der Waals surface area contributed by atoms with Crippen molar-refractivity contribution in [2.24, 2.45) is 0 Å². The summed E-state index contributed by atoms with van der Waals surface area (Å²) in [6.07, 6.45) is 0. The average molecular weight is 346 g/mol. The van der Waals surface area contributed by atoms with E-state index in [0.717, 1.165) is 14.5 Å². The van der Waals surface area contributed by atoms with Crippen molar-refractivity contribution in [1.29, 1.82) is 0 Å². The highest BCUT2D eigenvalue weighted by atomic mass is 79.9. The lowest BCUT2D eigenvalue weighted by molar-refractivity contribution is 0.0690. The maximum Gasteiger partial charge on any atom is 0.353 e. The number of aromatic nitrogens is 2. The normalized spacial score (nSPS) is 10.4. The molecule has 1 aromatic carbocycles. The molecule has 2 N–H and O–H groups in total. The predicted octanol–water partition coefficient (Wildman–Crippen LogP) is 3.30. The topological polar surface area (TPSA) is 66.0 Å². The van der Waals surface area contributed by atoms with Crippen LogP contribution in [0.3, 0.4) is 0 Å². The summed E-state index contributed by atoms with van der Waals surface area (Å²) in [5, 5.41) is 15.2. The van der Waals surface area contributed by atoms with Gasteiger partial charge in [-0.2, -0.15) is 5.10 Å². The maximum absolute atomic E-state index is 10.7. The molecule has 0 aliphatic rings. The van der Waals surface area contributed by atoms with Crippen LogP contribution in [0.15, 0.2) is 33.2 Å². The number of nitrogens with one attached hydrogen (secondary N) is 1. The van der Waals surface area contributed by atoms with Crippen LogP contribution in [-0.4, -0.2) is 21.3 Å². The summed E-state index contributed by atoms with van der Waals surface area (Å²) in [6.45, 7) is 0. The quantitative estimate of drug-likeness (QED) is 0.877. The first-order valence-corrected chi connectivity index (χ1v) is 5.90. The Balaban J connectivity index is 2.46. The van der Waals surface area contributed by atoms with Crippen LogP contribution in [0.4, 0.5) is 0 Å². The van der Waals surface area contributed by atoms with Gasteiger partial charge in [0.2, 0.25) is 0 Å². The minimum atomic E-state index is -1.02. The van der Waals surface area contributed by atoms with Gasteiger partial charge in [-0.05, 0) is 24.3 Å². The molecule has 4 nitrogen and oxygen atoms in total. The van der Waals surface area contributed by atoms with Gasteiger partial charge in [0.05, 0.1) is 5.69 Å². The van der Waals surface area contributed by atoms with Crippen molar-refractivity contribution in [2.75, 3.05) is 0 Å². The molecule has 0 saturated carbocycles. The minimum absolute atomic E-state index is 0.0751. The molecule has 2 aromatic rings. The van der Waals surface area contributed by atoms with Gasteiger partial charge in [0, 0.05) is 14.5 Å². The lowest BCUT2D eigenvalue weighted by Gasteiger charge is -1.98. The van der Waals surface area contributed by atoms with Gasteiger partial charge in [0.1, 0.15) is 5.69 Å². The fourth-order valence-corrected chi connectivity index (χ4v) is 2.57. The number of nitrogens with zero attached hydrogens (tertiary/aromatic N) is 1. The summed E-state index contributed by atoms with van der Waals surface area (Å²) in [6, 6.07) is 7.13. The molecule has 0 spiro atoms. The van der Waals surface area contributed by atoms with E-state index in [-0.39, 0.29) is 5.69 Å². The Morgan fingerprint density at radius 2 is 1.81 bits per heavy atom. The first kappa shape index (κ1) is 11.3. The van der Waals surface area contributed by atoms with E-state index in [1.165, 1.54) is 6.07 Å². The van der Waals surface area contributed by atoms with Gasteiger partial charge in [0.25, 0.3) is 0 Å². The van der Waals surface area contributed by atoms with Crippen molar-refractivity contribution in [3.05, 3.63) is 38.9 Å². The van der Waals surface area contributed by atoms with E-state index in [0.29, 0.717) is 5.69 Å². The fourth-order valence-electron chi connectivity index (χ4n) is 1.28. The number of H-pyrrole nitrogens is 1. The monoisotopic (exact) mass is 344 g/mol. The molecule has 82 valence electrons. The van der Waals surface area contributed by atoms with E-state index < -0.39 is 5.97 Å². The van der Waals surface area contributed by atoms with E-state index in [9.17, 15) is 4.79 Å². The molecule has 2 rings (SSSR count). The number of rotatable bonds is 2. The fraction of sp³-hybridized carbons (Fsp3) is 0. The van der Waals surface area contributed by atoms with E-state index >= 15 is 0 Å². The largest absolute Gasteiger partial charge is 0.477 e. The third-order valence-electron chi connectivity index (χ3n) is 1.97. The first-order valence-electron chi connectivity index (χ1n) is 4.31. The standard InChI is InChI=1S/C10H6Br2N2O2/c11-6-1-5(2-7(12)3-6)8-4-9(10(15)16)14-13-8/h1-4H,(H,13,14)(H,15,16). The number of halogens is 2. The minimum Gasteiger partial charge on any atom is -0.477 e. The Bertz CT molecular complexity index is 531. The molecular weight excluding hydrogens is 340 g/mol. The highest BCUT2D eigenvalue weighted by Gasteiger charge is 2.09. The molecule has 0 aliphatic carbocycles. The van der Waals surface area contributed by atoms with Gasteiger partial charge in [0.15, 0.2) is 0 Å². The summed E-state index contributed by atoms with van der Waals surface area (Å²) in [5.74, 6) is -1.02. The molecule has 0 atom stereocenters.